The van der Waals surface area contributed by atoms with Gasteiger partial charge in [-0.25, -0.2) is 0 Å². The summed E-state index contributed by atoms with van der Waals surface area (Å²) in [6.07, 6.45) is 64.4. The van der Waals surface area contributed by atoms with Crippen LogP contribution in [0.4, 0.5) is 0 Å². The Labute approximate surface area is 392 Å². The molecule has 0 aromatic rings. The van der Waals surface area contributed by atoms with Crippen LogP contribution in [0.15, 0.2) is 36.5 Å². The van der Waals surface area contributed by atoms with Crippen LogP contribution in [0.5, 0.6) is 0 Å². The van der Waals surface area contributed by atoms with Crippen LogP contribution in [0.1, 0.15) is 290 Å². The topological polar surface area (TPSA) is 95.9 Å². The van der Waals surface area contributed by atoms with Gasteiger partial charge in [-0.2, -0.15) is 0 Å². The molecule has 1 amide bonds. The third-order valence-electron chi connectivity index (χ3n) is 12.7. The number of unbranched alkanes of at least 4 members (excludes halogenated alkanes) is 36. The molecule has 0 aromatic carbocycles. The summed E-state index contributed by atoms with van der Waals surface area (Å²) in [5, 5.41) is 23.0. The number of aliphatic hydroxyl groups is 2. The third kappa shape index (κ3) is 49.4. The number of carbonyl (C=O) groups excluding carboxylic acids is 2. The first-order chi connectivity index (χ1) is 31.0. The standard InChI is InChI=1S/C57H107NO5/c1-3-5-7-9-11-13-15-16-17-18-21-24-27-31-35-39-43-47-51-57(62)63-52-48-44-40-36-32-28-25-22-19-20-23-26-30-34-38-42-46-50-56(61)58-54(53-59)55(60)49-45-41-37-33-29-14-12-10-8-6-4-2/h13,15,17-18,45,49,54-55,59-60H,3-12,14,16,19-44,46-48,50-53H2,1-2H3,(H,58,61)/b15-13-,18-17-,49-45+. The number of carbonyl (C=O) groups is 2. The Morgan fingerprint density at radius 1 is 0.444 bits per heavy atom. The second kappa shape index (κ2) is 52.7. The van der Waals surface area contributed by atoms with Crippen LogP contribution >= 0.6 is 0 Å². The first kappa shape index (κ1) is 61.1. The summed E-state index contributed by atoms with van der Waals surface area (Å²) in [5.74, 6) is -0.0784. The third-order valence-corrected chi connectivity index (χ3v) is 12.7. The lowest BCUT2D eigenvalue weighted by Crippen LogP contribution is -2.45. The van der Waals surface area contributed by atoms with Gasteiger partial charge < -0.3 is 20.3 Å². The van der Waals surface area contributed by atoms with E-state index in [0.29, 0.717) is 19.4 Å². The molecule has 2 unspecified atom stereocenters. The average molecular weight is 886 g/mol. The van der Waals surface area contributed by atoms with Crippen molar-refractivity contribution in [3.05, 3.63) is 36.5 Å². The van der Waals surface area contributed by atoms with Gasteiger partial charge in [-0.1, -0.05) is 249 Å². The fourth-order valence-corrected chi connectivity index (χ4v) is 8.37. The SMILES string of the molecule is CCCCCC/C=C\C/C=C\CCCCCCCCCC(=O)OCCCCCCCCCCCCCCCCCCCC(=O)NC(CO)C(O)/C=C/CCCCCCCCCCC. The fourth-order valence-electron chi connectivity index (χ4n) is 8.37. The molecular formula is C57H107NO5. The van der Waals surface area contributed by atoms with Crippen LogP contribution in [0.3, 0.4) is 0 Å². The van der Waals surface area contributed by atoms with E-state index >= 15 is 0 Å². The van der Waals surface area contributed by atoms with Gasteiger partial charge in [0, 0.05) is 12.8 Å². The molecule has 0 heterocycles. The lowest BCUT2D eigenvalue weighted by molar-refractivity contribution is -0.143. The number of hydrogen-bond donors (Lipinski definition) is 3. The molecule has 0 aliphatic carbocycles. The summed E-state index contributed by atoms with van der Waals surface area (Å²) < 4.78 is 5.48. The first-order valence-electron chi connectivity index (χ1n) is 27.8. The average Bonchev–Trinajstić information content (AvgIpc) is 3.28. The van der Waals surface area contributed by atoms with Crippen molar-refractivity contribution >= 4 is 11.9 Å². The quantitative estimate of drug-likeness (QED) is 0.0321. The van der Waals surface area contributed by atoms with Crippen LogP contribution in [0.2, 0.25) is 0 Å². The number of ether oxygens (including phenoxy) is 1. The highest BCUT2D eigenvalue weighted by atomic mass is 16.5. The van der Waals surface area contributed by atoms with Crippen molar-refractivity contribution in [3.63, 3.8) is 0 Å². The Morgan fingerprint density at radius 3 is 1.22 bits per heavy atom. The van der Waals surface area contributed by atoms with Gasteiger partial charge >= 0.3 is 5.97 Å². The second-order valence-electron chi connectivity index (χ2n) is 18.9. The molecular weight excluding hydrogens is 779 g/mol. The van der Waals surface area contributed by atoms with E-state index < -0.39 is 12.1 Å². The van der Waals surface area contributed by atoms with E-state index in [1.807, 2.05) is 6.08 Å². The van der Waals surface area contributed by atoms with Crippen molar-refractivity contribution in [1.82, 2.24) is 5.32 Å². The van der Waals surface area contributed by atoms with Gasteiger partial charge in [0.05, 0.1) is 25.4 Å². The molecule has 3 N–H and O–H groups in total. The second-order valence-corrected chi connectivity index (χ2v) is 18.9. The lowest BCUT2D eigenvalue weighted by atomic mass is 10.0. The number of esters is 1. The van der Waals surface area contributed by atoms with Crippen LogP contribution in [-0.4, -0.2) is 47.4 Å². The highest BCUT2D eigenvalue weighted by molar-refractivity contribution is 5.76. The van der Waals surface area contributed by atoms with Gasteiger partial charge in [0.15, 0.2) is 0 Å². The van der Waals surface area contributed by atoms with Crippen LogP contribution in [-0.2, 0) is 14.3 Å². The number of aliphatic hydroxyl groups excluding tert-OH is 2. The highest BCUT2D eigenvalue weighted by Gasteiger charge is 2.18. The molecule has 0 bridgehead atoms. The fraction of sp³-hybridized carbons (Fsp3) is 0.860. The molecule has 0 fully saturated rings. The van der Waals surface area contributed by atoms with Gasteiger partial charge in [0.1, 0.15) is 0 Å². The Kier molecular flexibility index (Phi) is 51.1. The summed E-state index contributed by atoms with van der Waals surface area (Å²) in [4.78, 5) is 24.5. The zero-order valence-corrected chi connectivity index (χ0v) is 42.1. The molecule has 6 heteroatoms. The van der Waals surface area contributed by atoms with Gasteiger partial charge in [0.2, 0.25) is 5.91 Å². The van der Waals surface area contributed by atoms with Gasteiger partial charge in [-0.15, -0.1) is 0 Å². The first-order valence-corrected chi connectivity index (χ1v) is 27.8. The van der Waals surface area contributed by atoms with Crippen molar-refractivity contribution in [1.29, 1.82) is 0 Å². The molecule has 6 nitrogen and oxygen atoms in total. The van der Waals surface area contributed by atoms with E-state index in [1.54, 1.807) is 6.08 Å². The predicted octanol–water partition coefficient (Wildman–Crippen LogP) is 16.9. The van der Waals surface area contributed by atoms with Crippen molar-refractivity contribution in [2.24, 2.45) is 0 Å². The molecule has 0 spiro atoms. The molecule has 0 aliphatic heterocycles. The summed E-state index contributed by atoms with van der Waals surface area (Å²) >= 11 is 0. The largest absolute Gasteiger partial charge is 0.466 e. The van der Waals surface area contributed by atoms with Gasteiger partial charge in [0.25, 0.3) is 0 Å². The van der Waals surface area contributed by atoms with E-state index in [4.69, 9.17) is 4.74 Å². The lowest BCUT2D eigenvalue weighted by Gasteiger charge is -2.20. The maximum Gasteiger partial charge on any atom is 0.305 e. The number of amides is 1. The van der Waals surface area contributed by atoms with Crippen molar-refractivity contribution in [2.75, 3.05) is 13.2 Å². The van der Waals surface area contributed by atoms with Gasteiger partial charge in [-0.3, -0.25) is 9.59 Å². The Balaban J connectivity index is 3.42. The van der Waals surface area contributed by atoms with E-state index in [0.717, 1.165) is 51.4 Å². The minimum atomic E-state index is -0.847. The van der Waals surface area contributed by atoms with Gasteiger partial charge in [-0.05, 0) is 64.2 Å². The van der Waals surface area contributed by atoms with Crippen molar-refractivity contribution in [2.45, 2.75) is 302 Å². The van der Waals surface area contributed by atoms with Crippen LogP contribution in [0, 0.1) is 0 Å². The highest BCUT2D eigenvalue weighted by Crippen LogP contribution is 2.16. The molecule has 2 atom stereocenters. The molecule has 0 aromatic heterocycles. The maximum absolute atomic E-state index is 12.4. The molecule has 0 aliphatic rings. The zero-order chi connectivity index (χ0) is 45.8. The summed E-state index contributed by atoms with van der Waals surface area (Å²) in [6.45, 7) is 4.86. The molecule has 0 rings (SSSR count). The summed E-state index contributed by atoms with van der Waals surface area (Å²) in [5.41, 5.74) is 0. The number of hydrogen-bond acceptors (Lipinski definition) is 5. The molecule has 63 heavy (non-hydrogen) atoms. The van der Waals surface area contributed by atoms with Crippen LogP contribution in [0.25, 0.3) is 0 Å². The summed E-state index contributed by atoms with van der Waals surface area (Å²) in [6, 6.07) is -0.631. The number of nitrogens with one attached hydrogen (secondary N) is 1. The van der Waals surface area contributed by atoms with E-state index in [-0.39, 0.29) is 18.5 Å². The molecule has 0 radical (unpaired) electrons. The van der Waals surface area contributed by atoms with Crippen molar-refractivity contribution < 1.29 is 24.5 Å². The Hall–Kier alpha value is -1.92. The van der Waals surface area contributed by atoms with E-state index in [9.17, 15) is 19.8 Å². The summed E-state index contributed by atoms with van der Waals surface area (Å²) in [7, 11) is 0. The smallest absolute Gasteiger partial charge is 0.305 e. The molecule has 0 saturated heterocycles. The normalized spacial score (nSPS) is 12.9. The maximum atomic E-state index is 12.4. The minimum absolute atomic E-state index is 0.00337. The zero-order valence-electron chi connectivity index (χ0n) is 42.1. The monoisotopic (exact) mass is 886 g/mol. The molecule has 0 saturated carbocycles. The van der Waals surface area contributed by atoms with Crippen molar-refractivity contribution in [3.8, 4) is 0 Å². The Morgan fingerprint density at radius 2 is 0.794 bits per heavy atom. The number of allylic oxidation sites excluding steroid dienone is 5. The molecule has 370 valence electrons. The van der Waals surface area contributed by atoms with Crippen LogP contribution < -0.4 is 5.32 Å². The predicted molar refractivity (Wildman–Crippen MR) is 273 cm³/mol. The van der Waals surface area contributed by atoms with E-state index in [2.05, 4.69) is 43.5 Å². The number of rotatable bonds is 51. The van der Waals surface area contributed by atoms with E-state index in [1.165, 1.54) is 212 Å². The Bertz CT molecular complexity index is 1020. The minimum Gasteiger partial charge on any atom is -0.466 e.